The topological polar surface area (TPSA) is 508 Å². The molecule has 41 heteroatoms. The number of hydroxylamine groups is 1. The number of carbonyl (C=O) groups is 10. The van der Waals surface area contributed by atoms with Gasteiger partial charge in [0.2, 0.25) is 34.9 Å². The van der Waals surface area contributed by atoms with Crippen molar-refractivity contribution in [2.24, 2.45) is 46.5 Å². The Labute approximate surface area is 808 Å². The molecule has 13 N–H and O–H groups in total. The van der Waals surface area contributed by atoms with E-state index in [1.54, 1.807) is 106 Å². The zero-order valence-electron chi connectivity index (χ0n) is 79.2. The number of likely N-dealkylation sites (N-methyl/N-ethyl adjacent to an activating group) is 1. The molecule has 744 valence electrons. The van der Waals surface area contributed by atoms with Gasteiger partial charge in [0.1, 0.15) is 60.4 Å². The van der Waals surface area contributed by atoms with Crippen LogP contribution in [-0.2, 0) is 92.4 Å². The van der Waals surface area contributed by atoms with Gasteiger partial charge in [0.15, 0.2) is 36.2 Å². The molecule has 7 aliphatic rings. The first kappa shape index (κ1) is 110. The molecule has 9 rings (SSSR count). The first-order valence-electron chi connectivity index (χ1n) is 45.0. The minimum absolute atomic E-state index is 0.00754. The van der Waals surface area contributed by atoms with Gasteiger partial charge < -0.3 is 129 Å². The second kappa shape index (κ2) is 50.0. The molecule has 3 unspecified atom stereocenters. The quantitative estimate of drug-likeness (QED) is 0.00630. The minimum atomic E-state index is -1.97. The smallest absolute Gasteiger partial charge is 0.410 e. The number of ketones is 3. The monoisotopic (exact) mass is 2050 g/mol. The number of urea groups is 1. The van der Waals surface area contributed by atoms with Crippen LogP contribution in [0.3, 0.4) is 0 Å². The molecule has 0 aromatic heterocycles. The summed E-state index contributed by atoms with van der Waals surface area (Å²) >= 11 is 2.77. The highest BCUT2D eigenvalue weighted by Crippen LogP contribution is 2.70. The zero-order chi connectivity index (χ0) is 98.7. The van der Waals surface area contributed by atoms with Crippen LogP contribution >= 0.6 is 55.9 Å². The van der Waals surface area contributed by atoms with Gasteiger partial charge in [-0.15, -0.1) is 0 Å². The number of anilines is 1. The maximum atomic E-state index is 14.7. The van der Waals surface area contributed by atoms with E-state index in [2.05, 4.69) is 45.1 Å². The molecule has 3 aliphatic carbocycles. The third kappa shape index (κ3) is 26.8. The van der Waals surface area contributed by atoms with Crippen molar-refractivity contribution in [2.45, 2.75) is 286 Å². The number of allylic oxidation sites excluding steroid dienone is 2. The van der Waals surface area contributed by atoms with Crippen molar-refractivity contribution in [3.8, 4) is 40.9 Å². The summed E-state index contributed by atoms with van der Waals surface area (Å²) in [7, 11) is 12.9. The Hall–Kier alpha value is -7.32. The maximum absolute atomic E-state index is 14.7. The summed E-state index contributed by atoms with van der Waals surface area (Å²) in [5.41, 5.74) is 12.4. The first-order valence-corrected chi connectivity index (χ1v) is 49.3. The summed E-state index contributed by atoms with van der Waals surface area (Å²) in [6, 6.07) is 2.68. The van der Waals surface area contributed by atoms with Gasteiger partial charge in [-0.3, -0.25) is 38.4 Å². The molecule has 25 atom stereocenters. The number of aliphatic hydroxyl groups is 5. The Morgan fingerprint density at radius 3 is 2.13 bits per heavy atom. The number of halogens is 1. The highest BCUT2D eigenvalue weighted by molar-refractivity contribution is 14.1. The third-order valence-electron chi connectivity index (χ3n) is 25.3. The number of nitrogens with zero attached hydrogens (tertiary/aromatic N) is 2. The fourth-order valence-corrected chi connectivity index (χ4v) is 22.2. The van der Waals surface area contributed by atoms with Gasteiger partial charge in [0.05, 0.1) is 103 Å². The molecule has 4 heterocycles. The number of rotatable bonds is 45. The van der Waals surface area contributed by atoms with Gasteiger partial charge in [-0.05, 0) is 158 Å². The van der Waals surface area contributed by atoms with Crippen LogP contribution in [-0.4, -0.2) is 301 Å². The molecule has 4 aliphatic heterocycles. The van der Waals surface area contributed by atoms with Crippen molar-refractivity contribution in [1.29, 1.82) is 0 Å². The van der Waals surface area contributed by atoms with Crippen molar-refractivity contribution >= 4 is 120 Å². The lowest BCUT2D eigenvalue weighted by Gasteiger charge is -2.60. The van der Waals surface area contributed by atoms with Gasteiger partial charge in [-0.25, -0.2) is 9.59 Å². The maximum Gasteiger partial charge on any atom is 0.410 e. The van der Waals surface area contributed by atoms with Crippen LogP contribution in [0, 0.1) is 69.2 Å². The van der Waals surface area contributed by atoms with E-state index >= 15 is 0 Å². The van der Waals surface area contributed by atoms with Gasteiger partial charge in [0.25, 0.3) is 0 Å². The lowest BCUT2D eigenvalue weighted by Crippen LogP contribution is -2.69. The first-order chi connectivity index (χ1) is 63.5. The number of unbranched alkanes of at least 4 members (excludes halogenated alkanes) is 1. The molecule has 2 aromatic carbocycles. The summed E-state index contributed by atoms with van der Waals surface area (Å²) < 4.78 is 80.1. The van der Waals surface area contributed by atoms with Crippen LogP contribution in [0.5, 0.6) is 17.2 Å². The van der Waals surface area contributed by atoms with E-state index in [-0.39, 0.29) is 117 Å². The van der Waals surface area contributed by atoms with E-state index in [9.17, 15) is 73.5 Å². The standard InChI is InChI=1S/C93H133IN8O29S3/c1-19-102(90(116)124-45-54-28-30-57(31-29-54)98-84(112)56(26-23-36-97-89(96)115)39-61(104)73(47(2)3)99-85(113)55(38-49(5)103)25-20-21-35-95)60-46-123-68(42-65(60)118-14)129-81-76(110)74(100-131-69-41-62(105)83(53(9)125-69)133-86(114)70-50(6)72(94)79(82(122-18)78(70)120-16)130-87-77(111)80(121-17)75(109)52(8)127-87)51(7)126-88(81)128-64-27-22-24-48(4)32-34-92-59(40-67(108)119-15)63(106)43-93(92,117)58(71(64)92)33-37-132-134-91(10,11)44-66(107)101(12)13/h24,28-31,33,47,51-53,55-56,59-60,62,64-65,68-69,71,73-77,80-81,83,87-88,100,105,109-111,117H,19-21,23,25-26,35-46,95H2,1-18H3,(H,98,112)(H,99,113)(H3,96,97,115)/b48-24-,58-33+/t51-,52+,53-,55-,56-,59?,60+,62+,64+,65+,68+,69+,71?,73+,74-,75+,76+,77-,80-,81-,83-,87+,88+,92?,93+/m1/s1. The van der Waals surface area contributed by atoms with E-state index in [0.717, 1.165) is 11.8 Å². The van der Waals surface area contributed by atoms with E-state index in [1.165, 1.54) is 73.9 Å². The number of ether oxygens (including phenoxy) is 13. The van der Waals surface area contributed by atoms with Crippen LogP contribution in [0.15, 0.2) is 47.6 Å². The van der Waals surface area contributed by atoms with Crippen LogP contribution in [0.1, 0.15) is 168 Å². The lowest BCUT2D eigenvalue weighted by molar-refractivity contribution is -0.343. The van der Waals surface area contributed by atoms with Gasteiger partial charge in [-0.2, -0.15) is 5.48 Å². The van der Waals surface area contributed by atoms with E-state index in [1.807, 2.05) is 36.4 Å². The van der Waals surface area contributed by atoms with Crippen molar-refractivity contribution < 1.29 is 140 Å². The number of primary amides is 1. The SMILES string of the molecule is CCN(C(=O)OCc1ccc(NC(=O)[C@H](CCCNC(N)=O)CC(=O)[C@@H](NC(=O)[C@H](CCCCN)CC(C)=O)C(C)C)cc1)[C@H]1CO[C@@H](O[C@H]2[C@H](O[C@H]3C#C/C=C(/C)C#CC45C(CC(=O)OC)C(=O)C[C@]4(O)/C(=C/CSSC(C)(C)CC(=O)N(C)C)C35)O[C@H](C)[C@@H](NO[C@H]3C[C@H](O)[C@H](SC(=O)c4c(C)c(I)c(O[C@@H]5O[C@@H](C)[C@H](O)[C@@H](OC)[C@H]5O)c(OC)c4OC)[C@@H](C)O3)[C@@H]2O)C[C@@H]1OC. The number of nitrogens with two attached hydrogens (primary N) is 2. The molecule has 2 saturated carbocycles. The van der Waals surface area contributed by atoms with Crippen molar-refractivity contribution in [3.05, 3.63) is 67.8 Å². The second-order valence-electron chi connectivity index (χ2n) is 35.9. The van der Waals surface area contributed by atoms with Crippen molar-refractivity contribution in [3.63, 3.8) is 0 Å². The summed E-state index contributed by atoms with van der Waals surface area (Å²) in [5.74, 6) is 5.87. The molecule has 134 heavy (non-hydrogen) atoms. The Kier molecular flexibility index (Phi) is 41.2. The molecule has 6 fully saturated rings. The molecule has 0 radical (unpaired) electrons. The molecular weight excluding hydrogens is 1920 g/mol. The molecule has 0 bridgehead atoms. The number of aliphatic hydroxyl groups excluding tert-OH is 4. The summed E-state index contributed by atoms with van der Waals surface area (Å²) in [5, 5.41) is 67.2. The minimum Gasteiger partial charge on any atom is -0.492 e. The predicted molar refractivity (Wildman–Crippen MR) is 504 cm³/mol. The van der Waals surface area contributed by atoms with Crippen molar-refractivity contribution in [2.75, 3.05) is 87.0 Å². The molecular formula is C93H133IN8O29S3. The lowest BCUT2D eigenvalue weighted by atomic mass is 9.44. The van der Waals surface area contributed by atoms with E-state index in [0.29, 0.717) is 57.3 Å². The largest absolute Gasteiger partial charge is 0.492 e. The number of benzene rings is 2. The third-order valence-corrected chi connectivity index (χ3v) is 31.1. The predicted octanol–water partition coefficient (Wildman–Crippen LogP) is 6.63. The number of hydrogen-bond acceptors (Lipinski definition) is 34. The van der Waals surface area contributed by atoms with E-state index < -0.39 is 215 Å². The Morgan fingerprint density at radius 2 is 1.51 bits per heavy atom. The normalized spacial score (nSPS) is 30.2. The number of esters is 1. The number of thioether (sulfide) groups is 1. The summed E-state index contributed by atoms with van der Waals surface area (Å²) in [6.07, 6.45) is -15.3. The summed E-state index contributed by atoms with van der Waals surface area (Å²) in [6.45, 7) is 19.0. The number of methoxy groups -OCH3 is 5. The highest BCUT2D eigenvalue weighted by Gasteiger charge is 2.79. The van der Waals surface area contributed by atoms with Crippen molar-refractivity contribution in [1.82, 2.24) is 25.9 Å². The highest BCUT2D eigenvalue weighted by atomic mass is 127. The number of nitrogens with one attached hydrogen (secondary N) is 4. The van der Waals surface area contributed by atoms with Crippen LogP contribution in [0.4, 0.5) is 15.3 Å². The fraction of sp³-hybridized carbons (Fsp3) is 0.677. The van der Waals surface area contributed by atoms with Crippen LogP contribution in [0.2, 0.25) is 0 Å². The van der Waals surface area contributed by atoms with Gasteiger partial charge >= 0.3 is 18.1 Å². The average molecular weight is 2050 g/mol. The number of carbonyl (C=O) groups excluding carboxylic acids is 10. The average Bonchev–Trinajstić information content (AvgIpc) is 1.47. The van der Waals surface area contributed by atoms with Gasteiger partial charge in [-0.1, -0.05) is 95.5 Å². The second-order valence-corrected chi connectivity index (χ2v) is 41.1. The fourth-order valence-electron chi connectivity index (χ4n) is 18.1. The van der Waals surface area contributed by atoms with E-state index in [4.69, 9.17) is 77.9 Å². The number of Topliss-reactive ketones (excluding diaryl/α,β-unsaturated/α-hetero) is 3. The van der Waals surface area contributed by atoms with Crippen LogP contribution < -0.4 is 47.1 Å². The molecule has 2 aromatic rings. The number of amides is 6. The van der Waals surface area contributed by atoms with Gasteiger partial charge in [0, 0.05) is 125 Å². The Morgan fingerprint density at radius 1 is 0.821 bits per heavy atom. The molecule has 1 spiro atoms. The zero-order valence-corrected chi connectivity index (χ0v) is 83.8. The van der Waals surface area contributed by atoms with Crippen LogP contribution in [0.25, 0.3) is 0 Å². The molecule has 37 nitrogen and oxygen atoms in total. The Balaban J connectivity index is 0.943. The number of hydrogen-bond donors (Lipinski definition) is 11. The molecule has 4 saturated heterocycles. The molecule has 6 amide bonds. The summed E-state index contributed by atoms with van der Waals surface area (Å²) in [4.78, 5) is 145. The Bertz CT molecular complexity index is 4650.